The standard InChI is InChI=1S/C12H19N3/c1-9(8-13)15(2)12-7-11(5-6-14-12)10-3-4-10/h5-7,9-10H,3-4,8,13H2,1-2H3. The third kappa shape index (κ3) is 2.29. The maximum Gasteiger partial charge on any atom is 0.128 e. The number of aromatic nitrogens is 1. The highest BCUT2D eigenvalue weighted by atomic mass is 15.2. The molecule has 0 radical (unpaired) electrons. The first-order chi connectivity index (χ1) is 7.22. The average Bonchev–Trinajstić information content (AvgIpc) is 3.11. The Morgan fingerprint density at radius 1 is 1.60 bits per heavy atom. The van der Waals surface area contributed by atoms with Crippen LogP contribution < -0.4 is 10.6 Å². The van der Waals surface area contributed by atoms with Crippen LogP contribution in [0.4, 0.5) is 5.82 Å². The van der Waals surface area contributed by atoms with Gasteiger partial charge in [-0.3, -0.25) is 0 Å². The number of anilines is 1. The van der Waals surface area contributed by atoms with Crippen LogP contribution in [-0.2, 0) is 0 Å². The van der Waals surface area contributed by atoms with Gasteiger partial charge >= 0.3 is 0 Å². The fourth-order valence-electron chi connectivity index (χ4n) is 1.68. The number of likely N-dealkylation sites (N-methyl/N-ethyl adjacent to an activating group) is 1. The van der Waals surface area contributed by atoms with E-state index in [2.05, 4.69) is 36.0 Å². The molecule has 0 spiro atoms. The van der Waals surface area contributed by atoms with E-state index in [1.165, 1.54) is 18.4 Å². The lowest BCUT2D eigenvalue weighted by Gasteiger charge is -2.25. The van der Waals surface area contributed by atoms with Crippen molar-refractivity contribution in [3.8, 4) is 0 Å². The number of hydrogen-bond acceptors (Lipinski definition) is 3. The molecule has 82 valence electrons. The summed E-state index contributed by atoms with van der Waals surface area (Å²) >= 11 is 0. The lowest BCUT2D eigenvalue weighted by Crippen LogP contribution is -2.35. The van der Waals surface area contributed by atoms with Crippen molar-refractivity contribution in [3.63, 3.8) is 0 Å². The Bertz CT molecular complexity index is 333. The molecule has 1 aliphatic rings. The molecule has 1 unspecified atom stereocenters. The van der Waals surface area contributed by atoms with Crippen LogP contribution in [0.2, 0.25) is 0 Å². The van der Waals surface area contributed by atoms with E-state index in [9.17, 15) is 0 Å². The summed E-state index contributed by atoms with van der Waals surface area (Å²) in [5, 5.41) is 0. The predicted molar refractivity (Wildman–Crippen MR) is 63.1 cm³/mol. The van der Waals surface area contributed by atoms with Crippen LogP contribution in [0.3, 0.4) is 0 Å². The number of nitrogens with two attached hydrogens (primary N) is 1. The molecular weight excluding hydrogens is 186 g/mol. The third-order valence-corrected chi connectivity index (χ3v) is 3.18. The Morgan fingerprint density at radius 3 is 2.93 bits per heavy atom. The molecule has 0 amide bonds. The van der Waals surface area contributed by atoms with Gasteiger partial charge in [0.2, 0.25) is 0 Å². The summed E-state index contributed by atoms with van der Waals surface area (Å²) in [4.78, 5) is 6.53. The zero-order valence-electron chi connectivity index (χ0n) is 9.48. The van der Waals surface area contributed by atoms with Gasteiger partial charge in [-0.2, -0.15) is 0 Å². The Labute approximate surface area is 91.3 Å². The van der Waals surface area contributed by atoms with E-state index < -0.39 is 0 Å². The van der Waals surface area contributed by atoms with Crippen LogP contribution in [0, 0.1) is 0 Å². The van der Waals surface area contributed by atoms with E-state index in [0.29, 0.717) is 12.6 Å². The summed E-state index contributed by atoms with van der Waals surface area (Å²) in [6.45, 7) is 2.78. The van der Waals surface area contributed by atoms with E-state index >= 15 is 0 Å². The van der Waals surface area contributed by atoms with Crippen molar-refractivity contribution in [1.82, 2.24) is 4.98 Å². The van der Waals surface area contributed by atoms with Crippen molar-refractivity contribution in [1.29, 1.82) is 0 Å². The SMILES string of the molecule is CC(CN)N(C)c1cc(C2CC2)ccn1. The van der Waals surface area contributed by atoms with Crippen molar-refractivity contribution < 1.29 is 0 Å². The quantitative estimate of drug-likeness (QED) is 0.814. The molecule has 0 aliphatic heterocycles. The zero-order valence-corrected chi connectivity index (χ0v) is 9.48. The molecule has 0 bridgehead atoms. The van der Waals surface area contributed by atoms with Gasteiger partial charge in [0.05, 0.1) is 0 Å². The highest BCUT2D eigenvalue weighted by molar-refractivity contribution is 5.43. The first-order valence-electron chi connectivity index (χ1n) is 5.61. The number of pyridine rings is 1. The minimum absolute atomic E-state index is 0.340. The van der Waals surface area contributed by atoms with Gasteiger partial charge in [-0.1, -0.05) is 0 Å². The molecule has 3 nitrogen and oxygen atoms in total. The molecule has 0 aromatic carbocycles. The highest BCUT2D eigenvalue weighted by Crippen LogP contribution is 2.40. The zero-order chi connectivity index (χ0) is 10.8. The molecule has 1 aromatic heterocycles. The first kappa shape index (κ1) is 10.4. The van der Waals surface area contributed by atoms with Gasteiger partial charge in [0.25, 0.3) is 0 Å². The largest absolute Gasteiger partial charge is 0.356 e. The van der Waals surface area contributed by atoms with Crippen molar-refractivity contribution in [2.24, 2.45) is 5.73 Å². The number of nitrogens with zero attached hydrogens (tertiary/aromatic N) is 2. The van der Waals surface area contributed by atoms with Crippen molar-refractivity contribution in [2.75, 3.05) is 18.5 Å². The molecule has 3 heteroatoms. The first-order valence-corrected chi connectivity index (χ1v) is 5.61. The van der Waals surface area contributed by atoms with Crippen LogP contribution in [0.5, 0.6) is 0 Å². The van der Waals surface area contributed by atoms with E-state index in [1.54, 1.807) is 0 Å². The van der Waals surface area contributed by atoms with Crippen LogP contribution >= 0.6 is 0 Å². The summed E-state index contributed by atoms with van der Waals surface area (Å²) in [5.41, 5.74) is 7.08. The molecule has 1 atom stereocenters. The summed E-state index contributed by atoms with van der Waals surface area (Å²) in [5.74, 6) is 1.82. The van der Waals surface area contributed by atoms with Gasteiger partial charge in [0, 0.05) is 25.8 Å². The van der Waals surface area contributed by atoms with Crippen LogP contribution in [0.25, 0.3) is 0 Å². The Kier molecular flexibility index (Phi) is 2.91. The van der Waals surface area contributed by atoms with E-state index in [-0.39, 0.29) is 0 Å². The van der Waals surface area contributed by atoms with E-state index in [0.717, 1.165) is 11.7 Å². The number of rotatable bonds is 4. The minimum atomic E-state index is 0.340. The van der Waals surface area contributed by atoms with E-state index in [4.69, 9.17) is 5.73 Å². The van der Waals surface area contributed by atoms with Gasteiger partial charge in [-0.05, 0) is 43.4 Å². The molecule has 1 heterocycles. The molecule has 1 saturated carbocycles. The second-order valence-electron chi connectivity index (χ2n) is 4.42. The van der Waals surface area contributed by atoms with Crippen LogP contribution in [0.15, 0.2) is 18.3 Å². The Balaban J connectivity index is 2.16. The van der Waals surface area contributed by atoms with E-state index in [1.807, 2.05) is 6.20 Å². The van der Waals surface area contributed by atoms with Gasteiger partial charge < -0.3 is 10.6 Å². The molecule has 15 heavy (non-hydrogen) atoms. The normalized spacial score (nSPS) is 17.5. The minimum Gasteiger partial charge on any atom is -0.356 e. The van der Waals surface area contributed by atoms with Gasteiger partial charge in [0.1, 0.15) is 5.82 Å². The molecule has 2 N–H and O–H groups in total. The van der Waals surface area contributed by atoms with Crippen LogP contribution in [0.1, 0.15) is 31.2 Å². The molecule has 1 aromatic rings. The number of hydrogen-bond donors (Lipinski definition) is 1. The van der Waals surface area contributed by atoms with Crippen LogP contribution in [-0.4, -0.2) is 24.6 Å². The Hall–Kier alpha value is -1.09. The summed E-state index contributed by atoms with van der Waals surface area (Å²) in [7, 11) is 2.05. The fraction of sp³-hybridized carbons (Fsp3) is 0.583. The summed E-state index contributed by atoms with van der Waals surface area (Å²) < 4.78 is 0. The average molecular weight is 205 g/mol. The lowest BCUT2D eigenvalue weighted by atomic mass is 10.1. The van der Waals surface area contributed by atoms with Crippen molar-refractivity contribution in [2.45, 2.75) is 31.7 Å². The fourth-order valence-corrected chi connectivity index (χ4v) is 1.68. The van der Waals surface area contributed by atoms with Crippen molar-refractivity contribution >= 4 is 5.82 Å². The smallest absolute Gasteiger partial charge is 0.128 e. The van der Waals surface area contributed by atoms with Gasteiger partial charge in [0.15, 0.2) is 0 Å². The monoisotopic (exact) mass is 205 g/mol. The molecule has 2 rings (SSSR count). The maximum absolute atomic E-state index is 5.65. The van der Waals surface area contributed by atoms with Gasteiger partial charge in [-0.15, -0.1) is 0 Å². The van der Waals surface area contributed by atoms with Crippen molar-refractivity contribution in [3.05, 3.63) is 23.9 Å². The lowest BCUT2D eigenvalue weighted by molar-refractivity contribution is 0.687. The van der Waals surface area contributed by atoms with Gasteiger partial charge in [-0.25, -0.2) is 4.98 Å². The maximum atomic E-state index is 5.65. The highest BCUT2D eigenvalue weighted by Gasteiger charge is 2.24. The molecule has 1 aliphatic carbocycles. The Morgan fingerprint density at radius 2 is 2.33 bits per heavy atom. The summed E-state index contributed by atoms with van der Waals surface area (Å²) in [6.07, 6.45) is 4.57. The summed E-state index contributed by atoms with van der Waals surface area (Å²) in [6, 6.07) is 4.67. The molecule has 1 fully saturated rings. The second kappa shape index (κ2) is 4.19. The molecular formula is C12H19N3. The molecule has 0 saturated heterocycles. The third-order valence-electron chi connectivity index (χ3n) is 3.18. The second-order valence-corrected chi connectivity index (χ2v) is 4.42. The topological polar surface area (TPSA) is 42.1 Å². The predicted octanol–water partition coefficient (Wildman–Crippen LogP) is 1.74.